The molecular formula is C20H22N4O3. The molecule has 27 heavy (non-hydrogen) atoms. The van der Waals surface area contributed by atoms with Gasteiger partial charge in [-0.05, 0) is 43.5 Å². The molecule has 1 aromatic carbocycles. The number of carbonyl (C=O) groups excluding carboxylic acids is 3. The Morgan fingerprint density at radius 2 is 1.59 bits per heavy atom. The van der Waals surface area contributed by atoms with Crippen molar-refractivity contribution in [2.75, 3.05) is 23.7 Å². The number of aromatic nitrogens is 1. The van der Waals surface area contributed by atoms with Gasteiger partial charge in [0.05, 0.1) is 11.1 Å². The third kappa shape index (κ3) is 4.91. The van der Waals surface area contributed by atoms with Gasteiger partial charge in [0.1, 0.15) is 0 Å². The molecule has 0 unspecified atom stereocenters. The number of hydrogen-bond donors (Lipinski definition) is 2. The molecule has 0 spiro atoms. The van der Waals surface area contributed by atoms with Gasteiger partial charge in [0.2, 0.25) is 5.91 Å². The second kappa shape index (κ2) is 8.44. The van der Waals surface area contributed by atoms with Crippen LogP contribution in [0.3, 0.4) is 0 Å². The van der Waals surface area contributed by atoms with Crippen LogP contribution in [0.25, 0.3) is 0 Å². The molecule has 3 amide bonds. The summed E-state index contributed by atoms with van der Waals surface area (Å²) < 4.78 is 0. The molecule has 2 heterocycles. The third-order valence-electron chi connectivity index (χ3n) is 4.33. The fourth-order valence-electron chi connectivity index (χ4n) is 3.04. The van der Waals surface area contributed by atoms with E-state index in [1.807, 2.05) is 0 Å². The average Bonchev–Trinajstić information content (AvgIpc) is 2.68. The van der Waals surface area contributed by atoms with Gasteiger partial charge in [-0.1, -0.05) is 6.07 Å². The number of nitrogens with one attached hydrogen (secondary N) is 2. The SMILES string of the molecule is CC(=O)Nc1cccc(NC(=O)c2cncc(C(=O)N3CCCCC3)c2)c1. The van der Waals surface area contributed by atoms with E-state index in [2.05, 4.69) is 15.6 Å². The van der Waals surface area contributed by atoms with Crippen LogP contribution in [0.5, 0.6) is 0 Å². The fourth-order valence-corrected chi connectivity index (χ4v) is 3.04. The Bertz CT molecular complexity index is 860. The van der Waals surface area contributed by atoms with E-state index in [0.29, 0.717) is 22.5 Å². The summed E-state index contributed by atoms with van der Waals surface area (Å²) in [4.78, 5) is 42.1. The van der Waals surface area contributed by atoms with Gasteiger partial charge >= 0.3 is 0 Å². The number of rotatable bonds is 4. The van der Waals surface area contributed by atoms with Gasteiger partial charge in [-0.3, -0.25) is 19.4 Å². The van der Waals surface area contributed by atoms with Crippen molar-refractivity contribution in [3.63, 3.8) is 0 Å². The lowest BCUT2D eigenvalue weighted by Crippen LogP contribution is -2.35. The number of likely N-dealkylation sites (tertiary alicyclic amines) is 1. The molecule has 0 saturated carbocycles. The summed E-state index contributed by atoms with van der Waals surface area (Å²) in [5.41, 5.74) is 1.85. The highest BCUT2D eigenvalue weighted by atomic mass is 16.2. The monoisotopic (exact) mass is 366 g/mol. The highest BCUT2D eigenvalue weighted by Gasteiger charge is 2.19. The first-order valence-corrected chi connectivity index (χ1v) is 8.96. The van der Waals surface area contributed by atoms with Crippen molar-refractivity contribution in [3.05, 3.63) is 53.9 Å². The van der Waals surface area contributed by atoms with Crippen molar-refractivity contribution in [1.29, 1.82) is 0 Å². The van der Waals surface area contributed by atoms with Crippen molar-refractivity contribution >= 4 is 29.1 Å². The van der Waals surface area contributed by atoms with Crippen LogP contribution in [-0.2, 0) is 4.79 Å². The topological polar surface area (TPSA) is 91.4 Å². The van der Waals surface area contributed by atoms with E-state index in [-0.39, 0.29) is 17.7 Å². The standard InChI is InChI=1S/C20H22N4O3/c1-14(25)22-17-6-5-7-18(11-17)23-19(26)15-10-16(13-21-12-15)20(27)24-8-3-2-4-9-24/h5-7,10-13H,2-4,8-9H2,1H3,(H,22,25)(H,23,26). The Morgan fingerprint density at radius 1 is 0.926 bits per heavy atom. The molecule has 1 aliphatic heterocycles. The molecule has 0 aliphatic carbocycles. The van der Waals surface area contributed by atoms with E-state index in [1.54, 1.807) is 35.2 Å². The van der Waals surface area contributed by atoms with Gasteiger partial charge in [0.15, 0.2) is 0 Å². The molecule has 7 nitrogen and oxygen atoms in total. The zero-order valence-electron chi connectivity index (χ0n) is 15.2. The van der Waals surface area contributed by atoms with Crippen molar-refractivity contribution in [3.8, 4) is 0 Å². The molecular weight excluding hydrogens is 344 g/mol. The number of pyridine rings is 1. The van der Waals surface area contributed by atoms with E-state index >= 15 is 0 Å². The summed E-state index contributed by atoms with van der Waals surface area (Å²) in [6, 6.07) is 8.41. The Kier molecular flexibility index (Phi) is 5.80. The van der Waals surface area contributed by atoms with E-state index < -0.39 is 0 Å². The van der Waals surface area contributed by atoms with Crippen LogP contribution in [0.2, 0.25) is 0 Å². The fraction of sp³-hybridized carbons (Fsp3) is 0.300. The summed E-state index contributed by atoms with van der Waals surface area (Å²) in [7, 11) is 0. The van der Waals surface area contributed by atoms with Crippen LogP contribution in [0.4, 0.5) is 11.4 Å². The lowest BCUT2D eigenvalue weighted by Gasteiger charge is -2.26. The molecule has 2 N–H and O–H groups in total. The first-order chi connectivity index (χ1) is 13.0. The van der Waals surface area contributed by atoms with Crippen LogP contribution < -0.4 is 10.6 Å². The molecule has 1 aliphatic rings. The molecule has 1 fully saturated rings. The maximum absolute atomic E-state index is 12.6. The van der Waals surface area contributed by atoms with E-state index in [1.165, 1.54) is 19.3 Å². The zero-order chi connectivity index (χ0) is 19.2. The predicted octanol–water partition coefficient (Wildman–Crippen LogP) is 2.92. The number of nitrogens with zero attached hydrogens (tertiary/aromatic N) is 2. The smallest absolute Gasteiger partial charge is 0.257 e. The van der Waals surface area contributed by atoms with Crippen LogP contribution in [-0.4, -0.2) is 40.7 Å². The van der Waals surface area contributed by atoms with Gasteiger partial charge < -0.3 is 15.5 Å². The number of benzene rings is 1. The summed E-state index contributed by atoms with van der Waals surface area (Å²) in [6.45, 7) is 2.90. The molecule has 7 heteroatoms. The molecule has 0 bridgehead atoms. The van der Waals surface area contributed by atoms with Crippen LogP contribution >= 0.6 is 0 Å². The number of hydrogen-bond acceptors (Lipinski definition) is 4. The second-order valence-electron chi connectivity index (χ2n) is 6.53. The van der Waals surface area contributed by atoms with E-state index in [0.717, 1.165) is 32.4 Å². The maximum atomic E-state index is 12.6. The Balaban J connectivity index is 1.72. The highest BCUT2D eigenvalue weighted by Crippen LogP contribution is 2.17. The quantitative estimate of drug-likeness (QED) is 0.870. The lowest BCUT2D eigenvalue weighted by atomic mass is 10.1. The minimum Gasteiger partial charge on any atom is -0.339 e. The third-order valence-corrected chi connectivity index (χ3v) is 4.33. The van der Waals surface area contributed by atoms with Crippen molar-refractivity contribution < 1.29 is 14.4 Å². The van der Waals surface area contributed by atoms with Crippen LogP contribution in [0.1, 0.15) is 46.9 Å². The molecule has 2 aromatic rings. The van der Waals surface area contributed by atoms with Crippen molar-refractivity contribution in [2.45, 2.75) is 26.2 Å². The zero-order valence-corrected chi connectivity index (χ0v) is 15.2. The van der Waals surface area contributed by atoms with Crippen molar-refractivity contribution in [2.24, 2.45) is 0 Å². The molecule has 0 radical (unpaired) electrons. The minimum absolute atomic E-state index is 0.0931. The number of anilines is 2. The number of carbonyl (C=O) groups is 3. The van der Waals surface area contributed by atoms with Crippen LogP contribution in [0, 0.1) is 0 Å². The minimum atomic E-state index is -0.365. The lowest BCUT2D eigenvalue weighted by molar-refractivity contribution is -0.114. The Morgan fingerprint density at radius 3 is 2.30 bits per heavy atom. The highest BCUT2D eigenvalue weighted by molar-refractivity contribution is 6.06. The first kappa shape index (κ1) is 18.6. The average molecular weight is 366 g/mol. The van der Waals surface area contributed by atoms with E-state index in [9.17, 15) is 14.4 Å². The van der Waals surface area contributed by atoms with Gasteiger partial charge in [-0.25, -0.2) is 0 Å². The second-order valence-corrected chi connectivity index (χ2v) is 6.53. The van der Waals surface area contributed by atoms with Crippen molar-refractivity contribution in [1.82, 2.24) is 9.88 Å². The summed E-state index contributed by atoms with van der Waals surface area (Å²) in [5, 5.41) is 5.43. The molecule has 0 atom stereocenters. The molecule has 3 rings (SSSR count). The van der Waals surface area contributed by atoms with E-state index in [4.69, 9.17) is 0 Å². The Hall–Kier alpha value is -3.22. The molecule has 1 saturated heterocycles. The molecule has 140 valence electrons. The summed E-state index contributed by atoms with van der Waals surface area (Å²) in [6.07, 6.45) is 6.07. The summed E-state index contributed by atoms with van der Waals surface area (Å²) in [5.74, 6) is -0.646. The summed E-state index contributed by atoms with van der Waals surface area (Å²) >= 11 is 0. The predicted molar refractivity (Wildman–Crippen MR) is 103 cm³/mol. The number of piperidine rings is 1. The van der Waals surface area contributed by atoms with Gasteiger partial charge in [0, 0.05) is 43.8 Å². The van der Waals surface area contributed by atoms with Gasteiger partial charge in [-0.2, -0.15) is 0 Å². The molecule has 1 aromatic heterocycles. The normalized spacial score (nSPS) is 13.7. The largest absolute Gasteiger partial charge is 0.339 e. The first-order valence-electron chi connectivity index (χ1n) is 8.96. The van der Waals surface area contributed by atoms with Crippen LogP contribution in [0.15, 0.2) is 42.7 Å². The van der Waals surface area contributed by atoms with Gasteiger partial charge in [0.25, 0.3) is 11.8 Å². The Labute approximate surface area is 157 Å². The van der Waals surface area contributed by atoms with Gasteiger partial charge in [-0.15, -0.1) is 0 Å². The number of amides is 3. The maximum Gasteiger partial charge on any atom is 0.257 e.